The van der Waals surface area contributed by atoms with Crippen LogP contribution in [0.25, 0.3) is 0 Å². The Bertz CT molecular complexity index is 335. The zero-order chi connectivity index (χ0) is 12.0. The van der Waals surface area contributed by atoms with Crippen LogP contribution >= 0.6 is 0 Å². The summed E-state index contributed by atoms with van der Waals surface area (Å²) >= 11 is 0. The summed E-state index contributed by atoms with van der Waals surface area (Å²) < 4.78 is 10.3. The molecule has 0 aliphatic rings. The molecule has 0 unspecified atom stereocenters. The van der Waals surface area contributed by atoms with Crippen molar-refractivity contribution in [3.63, 3.8) is 0 Å². The average molecular weight is 223 g/mol. The van der Waals surface area contributed by atoms with Crippen LogP contribution in [0.15, 0.2) is 24.3 Å². The molecular formula is C12H17NO3. The Balaban J connectivity index is 2.80. The highest BCUT2D eigenvalue weighted by atomic mass is 16.5. The normalized spacial score (nSPS) is 12.4. The molecule has 0 saturated carbocycles. The standard InChI is InChI=1S/C12H17NO3/c1-15-8-12(16-2)10-5-3-9(4-6-10)11(14)7-13/h3-6,12H,7-8,13H2,1-2H3/t12-/m1/s1. The van der Waals surface area contributed by atoms with Gasteiger partial charge in [-0.05, 0) is 5.56 Å². The SMILES string of the molecule is COC[C@@H](OC)c1ccc(C(=O)CN)cc1. The lowest BCUT2D eigenvalue weighted by Gasteiger charge is -2.14. The third-order valence-corrected chi connectivity index (χ3v) is 2.39. The molecular weight excluding hydrogens is 206 g/mol. The minimum atomic E-state index is -0.105. The summed E-state index contributed by atoms with van der Waals surface area (Å²) in [5.41, 5.74) is 6.89. The maximum Gasteiger partial charge on any atom is 0.176 e. The highest BCUT2D eigenvalue weighted by Crippen LogP contribution is 2.17. The van der Waals surface area contributed by atoms with Gasteiger partial charge in [-0.25, -0.2) is 0 Å². The van der Waals surface area contributed by atoms with Gasteiger partial charge in [0.2, 0.25) is 0 Å². The van der Waals surface area contributed by atoms with Crippen LogP contribution in [0.4, 0.5) is 0 Å². The van der Waals surface area contributed by atoms with E-state index in [9.17, 15) is 4.79 Å². The number of benzene rings is 1. The molecule has 88 valence electrons. The third-order valence-electron chi connectivity index (χ3n) is 2.39. The maximum absolute atomic E-state index is 11.3. The fourth-order valence-electron chi connectivity index (χ4n) is 1.45. The highest BCUT2D eigenvalue weighted by molar-refractivity contribution is 5.97. The molecule has 0 spiro atoms. The molecule has 4 heteroatoms. The van der Waals surface area contributed by atoms with Gasteiger partial charge >= 0.3 is 0 Å². The Hall–Kier alpha value is -1.23. The number of ether oxygens (including phenoxy) is 2. The van der Waals surface area contributed by atoms with Gasteiger partial charge in [-0.2, -0.15) is 0 Å². The summed E-state index contributed by atoms with van der Waals surface area (Å²) in [5.74, 6) is -0.0627. The van der Waals surface area contributed by atoms with Crippen LogP contribution in [0.1, 0.15) is 22.0 Å². The van der Waals surface area contributed by atoms with Crippen LogP contribution in [0, 0.1) is 0 Å². The number of carbonyl (C=O) groups is 1. The number of Topliss-reactive ketones (excluding diaryl/α,β-unsaturated/α-hetero) is 1. The molecule has 0 bridgehead atoms. The van der Waals surface area contributed by atoms with Crippen molar-refractivity contribution >= 4 is 5.78 Å². The van der Waals surface area contributed by atoms with Crippen molar-refractivity contribution in [2.45, 2.75) is 6.10 Å². The van der Waals surface area contributed by atoms with Crippen molar-refractivity contribution in [3.8, 4) is 0 Å². The summed E-state index contributed by atoms with van der Waals surface area (Å²) in [4.78, 5) is 11.3. The number of rotatable bonds is 6. The molecule has 0 aliphatic heterocycles. The molecule has 0 fully saturated rings. The van der Waals surface area contributed by atoms with E-state index in [0.29, 0.717) is 12.2 Å². The Labute approximate surface area is 95.3 Å². The lowest BCUT2D eigenvalue weighted by Crippen LogP contribution is -2.14. The van der Waals surface area contributed by atoms with Crippen LogP contribution in [-0.2, 0) is 9.47 Å². The molecule has 0 saturated heterocycles. The first kappa shape index (κ1) is 12.8. The largest absolute Gasteiger partial charge is 0.382 e. The Morgan fingerprint density at radius 2 is 1.94 bits per heavy atom. The number of methoxy groups -OCH3 is 2. The fourth-order valence-corrected chi connectivity index (χ4v) is 1.45. The zero-order valence-electron chi connectivity index (χ0n) is 9.60. The minimum absolute atomic E-state index is 0.0329. The molecule has 4 nitrogen and oxygen atoms in total. The van der Waals surface area contributed by atoms with E-state index in [-0.39, 0.29) is 18.4 Å². The second kappa shape index (κ2) is 6.37. The first-order valence-electron chi connectivity index (χ1n) is 5.08. The summed E-state index contributed by atoms with van der Waals surface area (Å²) in [7, 11) is 3.25. The molecule has 2 N–H and O–H groups in total. The Morgan fingerprint density at radius 1 is 1.31 bits per heavy atom. The quantitative estimate of drug-likeness (QED) is 0.735. The monoisotopic (exact) mass is 223 g/mol. The number of ketones is 1. The van der Waals surface area contributed by atoms with Gasteiger partial charge < -0.3 is 15.2 Å². The molecule has 1 atom stereocenters. The van der Waals surface area contributed by atoms with Gasteiger partial charge in [0.15, 0.2) is 5.78 Å². The van der Waals surface area contributed by atoms with E-state index in [1.807, 2.05) is 12.1 Å². The van der Waals surface area contributed by atoms with Crippen LogP contribution in [-0.4, -0.2) is 33.2 Å². The maximum atomic E-state index is 11.3. The molecule has 0 radical (unpaired) electrons. The second-order valence-corrected chi connectivity index (χ2v) is 3.43. The molecule has 0 aromatic heterocycles. The van der Waals surface area contributed by atoms with Crippen molar-refractivity contribution < 1.29 is 14.3 Å². The first-order chi connectivity index (χ1) is 7.72. The van der Waals surface area contributed by atoms with E-state index in [1.165, 1.54) is 0 Å². The van der Waals surface area contributed by atoms with Gasteiger partial charge in [0, 0.05) is 19.8 Å². The van der Waals surface area contributed by atoms with Crippen LogP contribution < -0.4 is 5.73 Å². The highest BCUT2D eigenvalue weighted by Gasteiger charge is 2.10. The van der Waals surface area contributed by atoms with Crippen molar-refractivity contribution in [2.24, 2.45) is 5.73 Å². The van der Waals surface area contributed by atoms with Gasteiger partial charge in [-0.3, -0.25) is 4.79 Å². The predicted molar refractivity (Wildman–Crippen MR) is 61.5 cm³/mol. The van der Waals surface area contributed by atoms with Crippen LogP contribution in [0.5, 0.6) is 0 Å². The van der Waals surface area contributed by atoms with Gasteiger partial charge in [0.05, 0.1) is 13.2 Å². The molecule has 1 aromatic carbocycles. The predicted octanol–water partition coefficient (Wildman–Crippen LogP) is 1.16. The Morgan fingerprint density at radius 3 is 2.38 bits per heavy atom. The summed E-state index contributed by atoms with van der Waals surface area (Å²) in [6.45, 7) is 0.520. The first-order valence-corrected chi connectivity index (χ1v) is 5.08. The van der Waals surface area contributed by atoms with Crippen molar-refractivity contribution in [3.05, 3.63) is 35.4 Å². The molecule has 0 heterocycles. The number of hydrogen-bond acceptors (Lipinski definition) is 4. The Kier molecular flexibility index (Phi) is 5.11. The van der Waals surface area contributed by atoms with Crippen molar-refractivity contribution in [1.29, 1.82) is 0 Å². The number of carbonyl (C=O) groups excluding carboxylic acids is 1. The van der Waals surface area contributed by atoms with Gasteiger partial charge in [-0.1, -0.05) is 24.3 Å². The smallest absolute Gasteiger partial charge is 0.176 e. The van der Waals surface area contributed by atoms with Gasteiger partial charge in [0.1, 0.15) is 6.10 Å². The van der Waals surface area contributed by atoms with E-state index < -0.39 is 0 Å². The fraction of sp³-hybridized carbons (Fsp3) is 0.417. The zero-order valence-corrected chi connectivity index (χ0v) is 9.60. The van der Waals surface area contributed by atoms with Crippen LogP contribution in [0.2, 0.25) is 0 Å². The van der Waals surface area contributed by atoms with Gasteiger partial charge in [0.25, 0.3) is 0 Å². The number of hydrogen-bond donors (Lipinski definition) is 1. The van der Waals surface area contributed by atoms with E-state index in [2.05, 4.69) is 0 Å². The van der Waals surface area contributed by atoms with E-state index >= 15 is 0 Å². The lowest BCUT2D eigenvalue weighted by molar-refractivity contribution is 0.0275. The van der Waals surface area contributed by atoms with Gasteiger partial charge in [-0.15, -0.1) is 0 Å². The van der Waals surface area contributed by atoms with Crippen LogP contribution in [0.3, 0.4) is 0 Å². The van der Waals surface area contributed by atoms with Crippen molar-refractivity contribution in [1.82, 2.24) is 0 Å². The topological polar surface area (TPSA) is 61.5 Å². The lowest BCUT2D eigenvalue weighted by atomic mass is 10.0. The third kappa shape index (κ3) is 3.13. The summed E-state index contributed by atoms with van der Waals surface area (Å²) in [6.07, 6.45) is -0.105. The second-order valence-electron chi connectivity index (χ2n) is 3.43. The molecule has 16 heavy (non-hydrogen) atoms. The summed E-state index contributed by atoms with van der Waals surface area (Å²) in [6, 6.07) is 7.23. The average Bonchev–Trinajstić information content (AvgIpc) is 2.35. The molecule has 1 rings (SSSR count). The van der Waals surface area contributed by atoms with E-state index in [4.69, 9.17) is 15.2 Å². The molecule has 0 amide bonds. The molecule has 0 aliphatic carbocycles. The van der Waals surface area contributed by atoms with E-state index in [1.54, 1.807) is 26.4 Å². The summed E-state index contributed by atoms with van der Waals surface area (Å²) in [5, 5.41) is 0. The molecule has 1 aromatic rings. The van der Waals surface area contributed by atoms with E-state index in [0.717, 1.165) is 5.56 Å². The number of nitrogens with two attached hydrogens (primary N) is 1. The minimum Gasteiger partial charge on any atom is -0.382 e. The van der Waals surface area contributed by atoms with Crippen molar-refractivity contribution in [2.75, 3.05) is 27.4 Å².